The van der Waals surface area contributed by atoms with Gasteiger partial charge >= 0.3 is 0 Å². The average molecular weight is 392 g/mol. The summed E-state index contributed by atoms with van der Waals surface area (Å²) in [5, 5.41) is 2.67. The van der Waals surface area contributed by atoms with E-state index < -0.39 is 0 Å². The molecule has 0 aliphatic carbocycles. The zero-order valence-corrected chi connectivity index (χ0v) is 15.8. The summed E-state index contributed by atoms with van der Waals surface area (Å²) in [6, 6.07) is 12.2. The third-order valence-electron chi connectivity index (χ3n) is 4.85. The van der Waals surface area contributed by atoms with Gasteiger partial charge in [-0.3, -0.25) is 4.79 Å². The number of amides is 1. The maximum atomic E-state index is 13.6. The van der Waals surface area contributed by atoms with Crippen LogP contribution in [0.2, 0.25) is 0 Å². The Hall–Kier alpha value is -3.55. The summed E-state index contributed by atoms with van der Waals surface area (Å²) < 4.78 is 13.6. The molecule has 0 atom stereocenters. The molecule has 148 valence electrons. The molecule has 1 amide bonds. The first-order chi connectivity index (χ1) is 14.2. The molecule has 7 nitrogen and oxygen atoms in total. The number of hydrogen-bond donors (Lipinski definition) is 1. The topological polar surface area (TPSA) is 74.2 Å². The van der Waals surface area contributed by atoms with Crippen molar-refractivity contribution in [2.75, 3.05) is 36.0 Å². The highest BCUT2D eigenvalue weighted by molar-refractivity contribution is 5.91. The van der Waals surface area contributed by atoms with Gasteiger partial charge in [0, 0.05) is 44.5 Å². The normalized spacial score (nSPS) is 14.0. The third-order valence-corrected chi connectivity index (χ3v) is 4.85. The van der Waals surface area contributed by atoms with Gasteiger partial charge in [0.05, 0.1) is 12.4 Å². The van der Waals surface area contributed by atoms with E-state index in [0.29, 0.717) is 5.56 Å². The lowest BCUT2D eigenvalue weighted by Gasteiger charge is -2.35. The number of carbonyl (C=O) groups is 1. The fraction of sp³-hybridized carbons (Fsp3) is 0.238. The van der Waals surface area contributed by atoms with Crippen molar-refractivity contribution in [3.05, 3.63) is 78.1 Å². The first-order valence-corrected chi connectivity index (χ1v) is 9.45. The number of benzene rings is 1. The minimum Gasteiger partial charge on any atom is -0.353 e. The van der Waals surface area contributed by atoms with Gasteiger partial charge in [-0.05, 0) is 18.2 Å². The maximum Gasteiger partial charge on any atom is 0.271 e. The van der Waals surface area contributed by atoms with Gasteiger partial charge in [-0.15, -0.1) is 0 Å². The summed E-state index contributed by atoms with van der Waals surface area (Å²) in [6.45, 7) is 3.37. The van der Waals surface area contributed by atoms with Crippen LogP contribution in [0.5, 0.6) is 0 Å². The minimum absolute atomic E-state index is 0.102. The average Bonchev–Trinajstić information content (AvgIpc) is 2.79. The Kier molecular flexibility index (Phi) is 5.60. The first-order valence-electron chi connectivity index (χ1n) is 9.45. The lowest BCUT2D eigenvalue weighted by Crippen LogP contribution is -2.47. The fourth-order valence-electron chi connectivity index (χ4n) is 3.22. The Morgan fingerprint density at radius 3 is 2.28 bits per heavy atom. The molecule has 4 rings (SSSR count). The summed E-state index contributed by atoms with van der Waals surface area (Å²) in [6.07, 6.45) is 4.86. The van der Waals surface area contributed by atoms with Crippen molar-refractivity contribution in [2.45, 2.75) is 6.54 Å². The van der Waals surface area contributed by atoms with E-state index in [9.17, 15) is 9.18 Å². The van der Waals surface area contributed by atoms with Crippen molar-refractivity contribution in [1.29, 1.82) is 0 Å². The Labute approximate surface area is 168 Å². The molecule has 0 radical (unpaired) electrons. The number of aromatic nitrogens is 3. The molecule has 3 aromatic rings. The number of rotatable bonds is 5. The highest BCUT2D eigenvalue weighted by atomic mass is 19.1. The zero-order valence-electron chi connectivity index (χ0n) is 15.8. The van der Waals surface area contributed by atoms with Crippen LogP contribution in [-0.2, 0) is 6.54 Å². The third kappa shape index (κ3) is 4.48. The van der Waals surface area contributed by atoms with E-state index in [1.807, 2.05) is 18.2 Å². The van der Waals surface area contributed by atoms with Gasteiger partial charge in [0.2, 0.25) is 0 Å². The molecule has 1 aromatic carbocycles. The smallest absolute Gasteiger partial charge is 0.271 e. The van der Waals surface area contributed by atoms with Crippen LogP contribution in [-0.4, -0.2) is 47.0 Å². The maximum absolute atomic E-state index is 13.6. The number of nitrogens with zero attached hydrogens (tertiary/aromatic N) is 5. The van der Waals surface area contributed by atoms with Gasteiger partial charge in [0.1, 0.15) is 23.1 Å². The molecule has 0 bridgehead atoms. The molecule has 1 fully saturated rings. The number of piperazine rings is 1. The van der Waals surface area contributed by atoms with Crippen molar-refractivity contribution in [3.63, 3.8) is 0 Å². The van der Waals surface area contributed by atoms with Crippen LogP contribution in [0.1, 0.15) is 16.1 Å². The molecule has 0 unspecified atom stereocenters. The van der Waals surface area contributed by atoms with Gasteiger partial charge in [-0.2, -0.15) is 0 Å². The molecule has 0 saturated carbocycles. The predicted octanol–water partition coefficient (Wildman–Crippen LogP) is 2.27. The van der Waals surface area contributed by atoms with E-state index in [1.54, 1.807) is 30.6 Å². The van der Waals surface area contributed by atoms with E-state index in [4.69, 9.17) is 0 Å². The lowest BCUT2D eigenvalue weighted by molar-refractivity contribution is 0.0945. The summed E-state index contributed by atoms with van der Waals surface area (Å²) in [4.78, 5) is 29.6. The second kappa shape index (κ2) is 8.64. The van der Waals surface area contributed by atoms with Crippen LogP contribution < -0.4 is 15.1 Å². The Bertz CT molecular complexity index is 958. The van der Waals surface area contributed by atoms with Gasteiger partial charge in [0.15, 0.2) is 0 Å². The number of hydrogen-bond acceptors (Lipinski definition) is 6. The SMILES string of the molecule is O=C(NCc1ccccc1F)c1cnc(N2CCN(c3ccccn3)CC2)cn1. The molecular weight excluding hydrogens is 371 g/mol. The molecule has 3 heterocycles. The number of pyridine rings is 1. The molecule has 1 aliphatic heterocycles. The summed E-state index contributed by atoms with van der Waals surface area (Å²) >= 11 is 0. The lowest BCUT2D eigenvalue weighted by atomic mass is 10.2. The number of carbonyl (C=O) groups excluding carboxylic acids is 1. The fourth-order valence-corrected chi connectivity index (χ4v) is 3.22. The standard InChI is InChI=1S/C21H21FN6O/c22-17-6-2-1-5-16(17)13-26-21(29)18-14-25-20(15-24-18)28-11-9-27(10-12-28)19-7-3-4-8-23-19/h1-8,14-15H,9-13H2,(H,26,29). The molecule has 29 heavy (non-hydrogen) atoms. The monoisotopic (exact) mass is 392 g/mol. The van der Waals surface area contributed by atoms with Crippen LogP contribution in [0.25, 0.3) is 0 Å². The van der Waals surface area contributed by atoms with Crippen molar-refractivity contribution >= 4 is 17.5 Å². The molecule has 1 saturated heterocycles. The second-order valence-electron chi connectivity index (χ2n) is 6.70. The quantitative estimate of drug-likeness (QED) is 0.718. The first kappa shape index (κ1) is 18.8. The molecule has 2 aromatic heterocycles. The number of anilines is 2. The Balaban J connectivity index is 1.32. The Morgan fingerprint density at radius 1 is 0.897 bits per heavy atom. The molecule has 1 N–H and O–H groups in total. The van der Waals surface area contributed by atoms with Crippen molar-refractivity contribution in [2.24, 2.45) is 0 Å². The van der Waals surface area contributed by atoms with Crippen LogP contribution >= 0.6 is 0 Å². The van der Waals surface area contributed by atoms with Gasteiger partial charge in [-0.1, -0.05) is 24.3 Å². The molecule has 8 heteroatoms. The van der Waals surface area contributed by atoms with Crippen LogP contribution in [0.3, 0.4) is 0 Å². The molecular formula is C21H21FN6O. The Morgan fingerprint density at radius 2 is 1.62 bits per heavy atom. The van der Waals surface area contributed by atoms with Crippen molar-refractivity contribution < 1.29 is 9.18 Å². The van der Waals surface area contributed by atoms with Crippen LogP contribution in [0.15, 0.2) is 61.1 Å². The zero-order chi connectivity index (χ0) is 20.1. The van der Waals surface area contributed by atoms with Crippen LogP contribution in [0, 0.1) is 5.82 Å². The van der Waals surface area contributed by atoms with Crippen molar-refractivity contribution in [3.8, 4) is 0 Å². The summed E-state index contributed by atoms with van der Waals surface area (Å²) in [5.74, 6) is 0.975. The van der Waals surface area contributed by atoms with E-state index in [1.165, 1.54) is 12.3 Å². The minimum atomic E-state index is -0.382. The highest BCUT2D eigenvalue weighted by Crippen LogP contribution is 2.16. The van der Waals surface area contributed by atoms with Crippen molar-refractivity contribution in [1.82, 2.24) is 20.3 Å². The summed E-state index contributed by atoms with van der Waals surface area (Å²) in [7, 11) is 0. The van der Waals surface area contributed by atoms with E-state index in [-0.39, 0.29) is 24.0 Å². The highest BCUT2D eigenvalue weighted by Gasteiger charge is 2.19. The van der Waals surface area contributed by atoms with Gasteiger partial charge < -0.3 is 15.1 Å². The van der Waals surface area contributed by atoms with E-state index >= 15 is 0 Å². The van der Waals surface area contributed by atoms with Gasteiger partial charge in [-0.25, -0.2) is 19.3 Å². The molecule has 0 spiro atoms. The number of halogens is 1. The predicted molar refractivity (Wildman–Crippen MR) is 108 cm³/mol. The summed E-state index contributed by atoms with van der Waals surface area (Å²) in [5.41, 5.74) is 0.633. The van der Waals surface area contributed by atoms with E-state index in [0.717, 1.165) is 37.8 Å². The largest absolute Gasteiger partial charge is 0.353 e. The number of nitrogens with one attached hydrogen (secondary N) is 1. The van der Waals surface area contributed by atoms with E-state index in [2.05, 4.69) is 30.1 Å². The van der Waals surface area contributed by atoms with Gasteiger partial charge in [0.25, 0.3) is 5.91 Å². The second-order valence-corrected chi connectivity index (χ2v) is 6.70. The van der Waals surface area contributed by atoms with Crippen LogP contribution in [0.4, 0.5) is 16.0 Å². The molecule has 1 aliphatic rings.